The van der Waals surface area contributed by atoms with Crippen LogP contribution in [0.2, 0.25) is 25.7 Å². The van der Waals surface area contributed by atoms with Crippen molar-refractivity contribution in [1.29, 1.82) is 0 Å². The van der Waals surface area contributed by atoms with Crippen molar-refractivity contribution in [3.63, 3.8) is 0 Å². The van der Waals surface area contributed by atoms with Crippen LogP contribution in [0.25, 0.3) is 0 Å². The van der Waals surface area contributed by atoms with E-state index < -0.39 is 30.6 Å². The molecule has 3 saturated heterocycles. The van der Waals surface area contributed by atoms with Crippen LogP contribution in [-0.4, -0.2) is 80.6 Å². The van der Waals surface area contributed by atoms with Gasteiger partial charge in [0.25, 0.3) is 11.1 Å². The predicted molar refractivity (Wildman–Crippen MR) is 191 cm³/mol. The van der Waals surface area contributed by atoms with E-state index in [9.17, 15) is 22.8 Å². The molecule has 0 unspecified atom stereocenters. The lowest BCUT2D eigenvalue weighted by molar-refractivity contribution is -0.136. The summed E-state index contributed by atoms with van der Waals surface area (Å²) in [5.74, 6) is 0.396. The maximum absolute atomic E-state index is 14.5. The maximum Gasteiger partial charge on any atom is 0.257 e. The summed E-state index contributed by atoms with van der Waals surface area (Å²) in [5, 5.41) is 8.75. The molecule has 0 saturated carbocycles. The number of pyridine rings is 3. The van der Waals surface area contributed by atoms with Crippen LogP contribution >= 0.6 is 47.8 Å². The monoisotopic (exact) mass is 899 g/mol. The van der Waals surface area contributed by atoms with Gasteiger partial charge >= 0.3 is 0 Å². The second kappa shape index (κ2) is 16.6. The van der Waals surface area contributed by atoms with Crippen molar-refractivity contribution in [2.24, 2.45) is 0 Å². The summed E-state index contributed by atoms with van der Waals surface area (Å²) >= 11 is 9.74. The Morgan fingerprint density at radius 2 is 1.41 bits per heavy atom. The highest BCUT2D eigenvalue weighted by Gasteiger charge is 2.45. The number of halogens is 6. The molecule has 0 aliphatic carbocycles. The van der Waals surface area contributed by atoms with Crippen LogP contribution in [0, 0.1) is 0 Å². The first-order chi connectivity index (χ1) is 23.0. The molecular formula is C32H39Br3F3N3O7Si. The van der Waals surface area contributed by atoms with E-state index in [0.29, 0.717) is 40.0 Å². The Labute approximate surface area is 308 Å². The summed E-state index contributed by atoms with van der Waals surface area (Å²) in [6, 6.07) is 5.75. The van der Waals surface area contributed by atoms with Crippen molar-refractivity contribution in [2.75, 3.05) is 52.9 Å². The first-order valence-corrected chi connectivity index (χ1v) is 21.6. The highest BCUT2D eigenvalue weighted by atomic mass is 79.9. The lowest BCUT2D eigenvalue weighted by Gasteiger charge is -2.34. The normalized spacial score (nSPS) is 18.3. The Morgan fingerprint density at radius 3 is 1.94 bits per heavy atom. The first-order valence-electron chi connectivity index (χ1n) is 15.5. The quantitative estimate of drug-likeness (QED) is 0.228. The fourth-order valence-corrected chi connectivity index (χ4v) is 6.61. The molecule has 2 N–H and O–H groups in total. The number of alkyl halides is 3. The van der Waals surface area contributed by atoms with Crippen LogP contribution in [0.1, 0.15) is 23.1 Å². The molecule has 17 heteroatoms. The fourth-order valence-electron chi connectivity index (χ4n) is 4.74. The number of aliphatic hydroxyl groups is 1. The summed E-state index contributed by atoms with van der Waals surface area (Å²) in [4.78, 5) is 29.9. The number of aryl methyl sites for hydroxylation is 1. The van der Waals surface area contributed by atoms with Crippen LogP contribution in [0.4, 0.5) is 13.2 Å². The third kappa shape index (κ3) is 10.4. The molecule has 6 rings (SSSR count). The topological polar surface area (TPSA) is 125 Å². The minimum atomic E-state index is -1.66. The SMILES string of the molecule is C[Si](C)(C)CCOc1ncc(Br)cc1C1(F)COC1.O=c1[nH]cc(Br)cc1C1(F)COC1.O=c1c(C2(F)COC2)cc(Br)cn1CCCO. The molecule has 0 bridgehead atoms. The third-order valence-electron chi connectivity index (χ3n) is 7.82. The van der Waals surface area contributed by atoms with E-state index >= 15 is 0 Å². The van der Waals surface area contributed by atoms with E-state index in [0.717, 1.165) is 10.5 Å². The minimum Gasteiger partial charge on any atom is -0.478 e. The molecule has 3 aromatic heterocycles. The van der Waals surface area contributed by atoms with E-state index in [1.165, 1.54) is 22.9 Å². The molecule has 0 aromatic carbocycles. The summed E-state index contributed by atoms with van der Waals surface area (Å²) in [6.45, 7) is 7.75. The number of hydrogen-bond donors (Lipinski definition) is 2. The standard InChI is InChI=1S/C13H19BrFNO2Si.C11H13BrFNO3.C8H7BrFNO2/c1-19(2,3)5-4-18-12-11(6-10(14)7-16-12)13(15)8-17-9-13;12-8-4-9(11(13)6-17-7-11)10(16)14(5-8)2-1-3-15;9-5-1-6(7(12)11-2-5)8(10)3-13-4-8/h6-7H,4-5,8-9H2,1-3H3;4-5,15H,1-3,6-7H2;1-2H,3-4H2,(H,11,12). The van der Waals surface area contributed by atoms with Crippen molar-refractivity contribution in [3.05, 3.63) is 87.6 Å². The van der Waals surface area contributed by atoms with Gasteiger partial charge < -0.3 is 33.6 Å². The Balaban J connectivity index is 0.000000168. The first kappa shape index (κ1) is 39.9. The lowest BCUT2D eigenvalue weighted by atomic mass is 9.95. The average molecular weight is 902 g/mol. The van der Waals surface area contributed by atoms with Gasteiger partial charge in [-0.25, -0.2) is 18.2 Å². The molecule has 3 fully saturated rings. The number of ether oxygens (including phenoxy) is 4. The minimum absolute atomic E-state index is 0.00182. The van der Waals surface area contributed by atoms with Gasteiger partial charge in [0, 0.05) is 53.2 Å². The predicted octanol–water partition coefficient (Wildman–Crippen LogP) is 6.28. The lowest BCUT2D eigenvalue weighted by Crippen LogP contribution is -2.47. The van der Waals surface area contributed by atoms with Gasteiger partial charge in [-0.2, -0.15) is 0 Å². The summed E-state index contributed by atoms with van der Waals surface area (Å²) in [7, 11) is -1.16. The second-order valence-corrected chi connectivity index (χ2v) is 21.6. The third-order valence-corrected chi connectivity index (χ3v) is 10.8. The second-order valence-electron chi connectivity index (χ2n) is 13.2. The molecule has 0 amide bonds. The maximum atomic E-state index is 14.5. The van der Waals surface area contributed by atoms with Gasteiger partial charge in [-0.05, 0) is 78.5 Å². The summed E-state index contributed by atoms with van der Waals surface area (Å²) in [6.07, 6.45) is 5.18. The zero-order valence-corrected chi connectivity index (χ0v) is 33.1. The highest BCUT2D eigenvalue weighted by molar-refractivity contribution is 9.11. The van der Waals surface area contributed by atoms with Gasteiger partial charge in [-0.3, -0.25) is 9.59 Å². The van der Waals surface area contributed by atoms with Gasteiger partial charge in [0.05, 0.1) is 62.9 Å². The van der Waals surface area contributed by atoms with Gasteiger partial charge in [-0.15, -0.1) is 0 Å². The van der Waals surface area contributed by atoms with Crippen LogP contribution in [0.3, 0.4) is 0 Å². The molecule has 3 aliphatic heterocycles. The smallest absolute Gasteiger partial charge is 0.257 e. The summed E-state index contributed by atoms with van der Waals surface area (Å²) in [5.41, 5.74) is -4.72. The molecule has 6 heterocycles. The van der Waals surface area contributed by atoms with E-state index in [-0.39, 0.29) is 62.9 Å². The van der Waals surface area contributed by atoms with Crippen molar-refractivity contribution < 1.29 is 37.2 Å². The molecule has 3 aliphatic rings. The Kier molecular flexibility index (Phi) is 13.6. The van der Waals surface area contributed by atoms with Crippen LogP contribution < -0.4 is 15.9 Å². The van der Waals surface area contributed by atoms with Crippen molar-refractivity contribution in [1.82, 2.24) is 14.5 Å². The molecule has 10 nitrogen and oxygen atoms in total. The molecule has 0 spiro atoms. The number of H-pyrrole nitrogens is 1. The fraction of sp³-hybridized carbons (Fsp3) is 0.531. The number of aromatic amines is 1. The zero-order valence-electron chi connectivity index (χ0n) is 27.3. The van der Waals surface area contributed by atoms with Crippen LogP contribution in [0.5, 0.6) is 5.88 Å². The molecular weight excluding hydrogens is 863 g/mol. The van der Waals surface area contributed by atoms with E-state index in [1.54, 1.807) is 18.5 Å². The Morgan fingerprint density at radius 1 is 0.878 bits per heavy atom. The van der Waals surface area contributed by atoms with Gasteiger partial charge in [-0.1, -0.05) is 19.6 Å². The van der Waals surface area contributed by atoms with Crippen molar-refractivity contribution >= 4 is 55.9 Å². The number of nitrogens with one attached hydrogen (secondary N) is 1. The molecule has 3 aromatic rings. The van der Waals surface area contributed by atoms with E-state index in [4.69, 9.17) is 24.1 Å². The number of rotatable bonds is 10. The number of hydrogen-bond acceptors (Lipinski definition) is 8. The van der Waals surface area contributed by atoms with Crippen LogP contribution in [-0.2, 0) is 37.8 Å². The zero-order chi connectivity index (χ0) is 36.0. The van der Waals surface area contributed by atoms with Gasteiger partial charge in [0.1, 0.15) is 0 Å². The summed E-state index contributed by atoms with van der Waals surface area (Å²) < 4.78 is 66.1. The molecule has 270 valence electrons. The number of nitrogens with zero attached hydrogens (tertiary/aromatic N) is 2. The molecule has 0 radical (unpaired) electrons. The Hall–Kier alpha value is -1.86. The Bertz CT molecular complexity index is 1710. The van der Waals surface area contributed by atoms with E-state index in [1.807, 2.05) is 0 Å². The highest BCUT2D eigenvalue weighted by Crippen LogP contribution is 2.39. The van der Waals surface area contributed by atoms with Crippen molar-refractivity contribution in [2.45, 2.75) is 55.7 Å². The molecule has 49 heavy (non-hydrogen) atoms. The van der Waals surface area contributed by atoms with Crippen LogP contribution in [0.15, 0.2) is 59.8 Å². The number of aliphatic hydroxyl groups excluding tert-OH is 1. The van der Waals surface area contributed by atoms with Gasteiger partial charge in [0.2, 0.25) is 5.88 Å². The van der Waals surface area contributed by atoms with Crippen molar-refractivity contribution in [3.8, 4) is 5.88 Å². The largest absolute Gasteiger partial charge is 0.478 e. The van der Waals surface area contributed by atoms with E-state index in [2.05, 4.69) is 77.4 Å². The number of aromatic nitrogens is 3. The van der Waals surface area contributed by atoms with Gasteiger partial charge in [0.15, 0.2) is 17.0 Å². The molecule has 0 atom stereocenters. The average Bonchev–Trinajstić information content (AvgIpc) is 2.99.